The number of Topliss-reactive ketones (excluding diaryl/α,β-unsaturated/α-hetero) is 1. The smallest absolute Gasteiger partial charge is 0.338 e. The number of ketones is 1. The summed E-state index contributed by atoms with van der Waals surface area (Å²) in [7, 11) is 2.28. The summed E-state index contributed by atoms with van der Waals surface area (Å²) in [5, 5.41) is 0. The van der Waals surface area contributed by atoms with Gasteiger partial charge in [0.15, 0.2) is 5.78 Å². The first-order chi connectivity index (χ1) is 20.3. The number of carbonyl (C=O) groups is 4. The summed E-state index contributed by atoms with van der Waals surface area (Å²) in [5.41, 5.74) is 0.516. The van der Waals surface area contributed by atoms with Crippen molar-refractivity contribution in [3.63, 3.8) is 0 Å². The van der Waals surface area contributed by atoms with Crippen LogP contribution in [-0.2, 0) is 23.8 Å². The number of methoxy groups -OCH3 is 2. The Morgan fingerprint density at radius 2 is 1.36 bits per heavy atom. The van der Waals surface area contributed by atoms with Crippen LogP contribution in [0.15, 0.2) is 90.5 Å². The summed E-state index contributed by atoms with van der Waals surface area (Å²) in [4.78, 5) is 51.1. The highest BCUT2D eigenvalue weighted by Crippen LogP contribution is 2.26. The van der Waals surface area contributed by atoms with Crippen LogP contribution in [-0.4, -0.2) is 44.5 Å². The first kappa shape index (κ1) is 31.1. The van der Waals surface area contributed by atoms with Gasteiger partial charge in [0.2, 0.25) is 5.41 Å². The van der Waals surface area contributed by atoms with Crippen LogP contribution >= 0.6 is 0 Å². The van der Waals surface area contributed by atoms with E-state index >= 15 is 0 Å². The molecule has 0 aliphatic carbocycles. The molecule has 0 unspecified atom stereocenters. The lowest BCUT2D eigenvalue weighted by Crippen LogP contribution is -2.40. The maximum Gasteiger partial charge on any atom is 0.338 e. The van der Waals surface area contributed by atoms with Crippen LogP contribution in [0.3, 0.4) is 0 Å². The molecule has 3 aromatic carbocycles. The van der Waals surface area contributed by atoms with Gasteiger partial charge in [-0.1, -0.05) is 84.3 Å². The van der Waals surface area contributed by atoms with Crippen LogP contribution in [0.1, 0.15) is 51.6 Å². The Labute approximate surface area is 245 Å². The number of esters is 3. The molecule has 7 nitrogen and oxygen atoms in total. The topological polar surface area (TPSA) is 96.0 Å². The van der Waals surface area contributed by atoms with Gasteiger partial charge in [-0.05, 0) is 42.8 Å². The SMILES string of the molecule is CCOC(=O)c1ccc(C#CCC(C#CC/C(=C/c2ccccc2)C(=O)c2ccccc2)(C(=O)OC)C(=O)OC)cc1. The zero-order valence-electron chi connectivity index (χ0n) is 23.6. The van der Waals surface area contributed by atoms with Gasteiger partial charge in [-0.2, -0.15) is 0 Å². The van der Waals surface area contributed by atoms with E-state index in [1.54, 1.807) is 61.5 Å². The second-order valence-electron chi connectivity index (χ2n) is 8.92. The zero-order chi connectivity index (χ0) is 30.4. The summed E-state index contributed by atoms with van der Waals surface area (Å²) in [6.07, 6.45) is 1.34. The van der Waals surface area contributed by atoms with Crippen molar-refractivity contribution in [3.8, 4) is 23.7 Å². The van der Waals surface area contributed by atoms with Crippen LogP contribution < -0.4 is 0 Å². The monoisotopic (exact) mass is 562 g/mol. The predicted molar refractivity (Wildman–Crippen MR) is 158 cm³/mol. The third-order valence-electron chi connectivity index (χ3n) is 6.10. The Kier molecular flexibility index (Phi) is 11.4. The maximum absolute atomic E-state index is 13.3. The Morgan fingerprint density at radius 3 is 1.93 bits per heavy atom. The normalized spacial score (nSPS) is 10.7. The molecule has 0 atom stereocenters. The number of hydrogen-bond donors (Lipinski definition) is 0. The molecular weight excluding hydrogens is 532 g/mol. The first-order valence-electron chi connectivity index (χ1n) is 13.1. The van der Waals surface area contributed by atoms with Gasteiger partial charge in [-0.3, -0.25) is 4.79 Å². The molecule has 0 aliphatic rings. The summed E-state index contributed by atoms with van der Waals surface area (Å²) >= 11 is 0. The molecule has 0 bridgehead atoms. The number of carbonyl (C=O) groups excluding carboxylic acids is 4. The van der Waals surface area contributed by atoms with Gasteiger partial charge in [0.1, 0.15) is 0 Å². The zero-order valence-corrected chi connectivity index (χ0v) is 23.6. The van der Waals surface area contributed by atoms with E-state index in [4.69, 9.17) is 14.2 Å². The fourth-order valence-electron chi connectivity index (χ4n) is 3.92. The van der Waals surface area contributed by atoms with Gasteiger partial charge >= 0.3 is 17.9 Å². The molecule has 42 heavy (non-hydrogen) atoms. The van der Waals surface area contributed by atoms with E-state index in [-0.39, 0.29) is 25.2 Å². The van der Waals surface area contributed by atoms with Crippen LogP contribution in [0.2, 0.25) is 0 Å². The highest BCUT2D eigenvalue weighted by molar-refractivity contribution is 6.11. The van der Waals surface area contributed by atoms with Crippen molar-refractivity contribution < 1.29 is 33.4 Å². The standard InChI is InChI=1S/C35H30O7/c1-4-42-32(37)29-21-19-26(20-22-29)15-11-23-35(33(38)40-2,34(39)41-3)24-12-18-30(25-27-13-7-5-8-14-27)31(36)28-16-9-6-10-17-28/h5-10,13-14,16-17,19-22,25H,4,18,23H2,1-3H3/b30-25-. The highest BCUT2D eigenvalue weighted by atomic mass is 16.5. The number of allylic oxidation sites excluding steroid dienone is 1. The predicted octanol–water partition coefficient (Wildman–Crippen LogP) is 5.30. The molecule has 0 aromatic heterocycles. The molecule has 0 radical (unpaired) electrons. The molecule has 0 amide bonds. The molecule has 0 saturated carbocycles. The second-order valence-corrected chi connectivity index (χ2v) is 8.92. The van der Waals surface area contributed by atoms with Crippen LogP contribution in [0.5, 0.6) is 0 Å². The molecule has 0 heterocycles. The first-order valence-corrected chi connectivity index (χ1v) is 13.1. The van der Waals surface area contributed by atoms with Crippen molar-refractivity contribution in [1.82, 2.24) is 0 Å². The molecule has 0 fully saturated rings. The Morgan fingerprint density at radius 1 is 0.762 bits per heavy atom. The second kappa shape index (κ2) is 15.4. The van der Waals surface area contributed by atoms with Crippen molar-refractivity contribution in [2.24, 2.45) is 5.41 Å². The minimum absolute atomic E-state index is 0.0545. The highest BCUT2D eigenvalue weighted by Gasteiger charge is 2.47. The summed E-state index contributed by atoms with van der Waals surface area (Å²) in [6, 6.07) is 24.4. The number of rotatable bonds is 9. The van der Waals surface area contributed by atoms with Crippen molar-refractivity contribution in [2.45, 2.75) is 19.8 Å². The molecule has 0 spiro atoms. The van der Waals surface area contributed by atoms with E-state index in [9.17, 15) is 19.2 Å². The Hall–Kier alpha value is -5.40. The third kappa shape index (κ3) is 8.06. The molecule has 0 saturated heterocycles. The van der Waals surface area contributed by atoms with Crippen molar-refractivity contribution >= 4 is 29.8 Å². The molecule has 0 aliphatic heterocycles. The number of hydrogen-bond acceptors (Lipinski definition) is 7. The fourth-order valence-corrected chi connectivity index (χ4v) is 3.92. The molecule has 212 valence electrons. The van der Waals surface area contributed by atoms with Crippen molar-refractivity contribution in [2.75, 3.05) is 20.8 Å². The summed E-state index contributed by atoms with van der Waals surface area (Å²) in [6.45, 7) is 1.98. The molecule has 7 heteroatoms. The van der Waals surface area contributed by atoms with Crippen LogP contribution in [0.25, 0.3) is 6.08 Å². The van der Waals surface area contributed by atoms with Crippen molar-refractivity contribution in [3.05, 3.63) is 113 Å². The maximum atomic E-state index is 13.3. The van der Waals surface area contributed by atoms with Crippen LogP contribution in [0.4, 0.5) is 0 Å². The van der Waals surface area contributed by atoms with Gasteiger partial charge in [0, 0.05) is 29.5 Å². The van der Waals surface area contributed by atoms with Gasteiger partial charge < -0.3 is 14.2 Å². The van der Waals surface area contributed by atoms with E-state index in [1.807, 2.05) is 36.4 Å². The van der Waals surface area contributed by atoms with E-state index in [0.29, 0.717) is 22.3 Å². The minimum Gasteiger partial charge on any atom is -0.467 e. The van der Waals surface area contributed by atoms with E-state index < -0.39 is 23.3 Å². The van der Waals surface area contributed by atoms with Crippen molar-refractivity contribution in [1.29, 1.82) is 0 Å². The lowest BCUT2D eigenvalue weighted by molar-refractivity contribution is -0.163. The Balaban J connectivity index is 1.96. The van der Waals surface area contributed by atoms with Gasteiger partial charge in [-0.25, -0.2) is 14.4 Å². The molecule has 3 aromatic rings. The lowest BCUT2D eigenvalue weighted by Gasteiger charge is -2.20. The fraction of sp³-hybridized carbons (Fsp3) is 0.200. The van der Waals surface area contributed by atoms with E-state index in [2.05, 4.69) is 23.7 Å². The van der Waals surface area contributed by atoms with Gasteiger partial charge in [0.25, 0.3) is 0 Å². The van der Waals surface area contributed by atoms with E-state index in [0.717, 1.165) is 19.8 Å². The minimum atomic E-state index is -2.05. The number of benzene rings is 3. The Bertz CT molecular complexity index is 1550. The average Bonchev–Trinajstić information content (AvgIpc) is 3.03. The van der Waals surface area contributed by atoms with Gasteiger partial charge in [0.05, 0.1) is 26.4 Å². The van der Waals surface area contributed by atoms with Gasteiger partial charge in [-0.15, -0.1) is 0 Å². The lowest BCUT2D eigenvalue weighted by atomic mass is 9.84. The van der Waals surface area contributed by atoms with Crippen LogP contribution in [0, 0.1) is 29.1 Å². The average molecular weight is 563 g/mol. The molecule has 3 rings (SSSR count). The molecular formula is C35H30O7. The summed E-state index contributed by atoms with van der Waals surface area (Å²) in [5.74, 6) is 8.72. The van der Waals surface area contributed by atoms with E-state index in [1.165, 1.54) is 0 Å². The summed E-state index contributed by atoms with van der Waals surface area (Å²) < 4.78 is 14.8. The molecule has 0 N–H and O–H groups in total. The largest absolute Gasteiger partial charge is 0.467 e. The quantitative estimate of drug-likeness (QED) is 0.0873. The number of ether oxygens (including phenoxy) is 3. The third-order valence-corrected chi connectivity index (χ3v) is 6.10.